The second-order valence-electron chi connectivity index (χ2n) is 5.61. The van der Waals surface area contributed by atoms with E-state index in [0.717, 1.165) is 16.4 Å². The first-order chi connectivity index (χ1) is 12.2. The summed E-state index contributed by atoms with van der Waals surface area (Å²) in [5.74, 6) is 0.225. The molecule has 1 aliphatic rings. The monoisotopic (exact) mass is 363 g/mol. The number of amides is 1. The van der Waals surface area contributed by atoms with Crippen molar-refractivity contribution in [2.24, 2.45) is 0 Å². The number of piperazine rings is 1. The molecule has 0 aliphatic carbocycles. The third-order valence-electron chi connectivity index (χ3n) is 3.99. The number of thiazole rings is 1. The first-order valence-corrected chi connectivity index (χ1v) is 8.96. The zero-order valence-corrected chi connectivity index (χ0v) is 14.9. The number of methoxy groups -OCH3 is 1. The van der Waals surface area contributed by atoms with E-state index in [0.29, 0.717) is 32.8 Å². The van der Waals surface area contributed by atoms with Gasteiger partial charge in [0.25, 0.3) is 0 Å². The van der Waals surface area contributed by atoms with Crippen LogP contribution in [0.15, 0.2) is 29.6 Å². The fraction of sp³-hybridized carbons (Fsp3) is 0.412. The van der Waals surface area contributed by atoms with Crippen LogP contribution < -0.4 is 4.90 Å². The molecule has 0 radical (unpaired) electrons. The third kappa shape index (κ3) is 4.21. The number of aromatic nitrogens is 1. The summed E-state index contributed by atoms with van der Waals surface area (Å²) in [6.45, 7) is 3.26. The van der Waals surface area contributed by atoms with Gasteiger partial charge in [0.05, 0.1) is 12.3 Å². The maximum absolute atomic E-state index is 11.9. The number of hydrogen-bond acceptors (Lipinski definition) is 7. The fourth-order valence-corrected chi connectivity index (χ4v) is 3.49. The number of hydrogen-bond donors (Lipinski definition) is 1. The summed E-state index contributed by atoms with van der Waals surface area (Å²) in [5, 5.41) is 12.8. The molecule has 1 aromatic heterocycles. The first-order valence-electron chi connectivity index (χ1n) is 8.08. The van der Waals surface area contributed by atoms with Gasteiger partial charge in [-0.25, -0.2) is 9.78 Å². The van der Waals surface area contributed by atoms with Gasteiger partial charge in [-0.1, -0.05) is 12.1 Å². The van der Waals surface area contributed by atoms with Gasteiger partial charge in [-0.05, 0) is 12.1 Å². The average molecular weight is 363 g/mol. The highest BCUT2D eigenvalue weighted by molar-refractivity contribution is 7.14. The molecule has 0 bridgehead atoms. The molecule has 1 saturated heterocycles. The molecule has 0 saturated carbocycles. The number of phenols is 1. The molecular weight excluding hydrogens is 342 g/mol. The number of nitrogens with zero attached hydrogens (tertiary/aromatic N) is 3. The van der Waals surface area contributed by atoms with Crippen molar-refractivity contribution in [3.63, 3.8) is 0 Å². The van der Waals surface area contributed by atoms with Crippen molar-refractivity contribution >= 4 is 22.6 Å². The number of anilines is 1. The minimum absolute atomic E-state index is 0.225. The topological polar surface area (TPSA) is 75.1 Å². The Bertz CT molecular complexity index is 713. The standard InChI is InChI=1S/C17H21N3O4S/c1-23-10-11-24-17(22)20-8-6-19(7-9-20)16-18-14(12-25-16)13-4-2-3-5-15(13)21/h2-5,12,21H,6-11H2,1H3. The van der Waals surface area contributed by atoms with Crippen molar-refractivity contribution < 1.29 is 19.4 Å². The molecule has 1 fully saturated rings. The van der Waals surface area contributed by atoms with Gasteiger partial charge in [-0.2, -0.15) is 0 Å². The Labute approximate surface area is 150 Å². The maximum atomic E-state index is 11.9. The maximum Gasteiger partial charge on any atom is 0.409 e. The largest absolute Gasteiger partial charge is 0.507 e. The molecule has 1 amide bonds. The Hall–Kier alpha value is -2.32. The van der Waals surface area contributed by atoms with Crippen LogP contribution in [0.4, 0.5) is 9.93 Å². The summed E-state index contributed by atoms with van der Waals surface area (Å²) < 4.78 is 10.0. The highest BCUT2D eigenvalue weighted by atomic mass is 32.1. The molecule has 0 atom stereocenters. The Morgan fingerprint density at radius 1 is 1.24 bits per heavy atom. The SMILES string of the molecule is COCCOC(=O)N1CCN(c2nc(-c3ccccc3O)cs2)CC1. The fourth-order valence-electron chi connectivity index (χ4n) is 2.61. The number of rotatable bonds is 5. The van der Waals surface area contributed by atoms with E-state index in [9.17, 15) is 9.90 Å². The molecule has 0 unspecified atom stereocenters. The van der Waals surface area contributed by atoms with E-state index in [-0.39, 0.29) is 18.4 Å². The molecule has 3 rings (SSSR count). The van der Waals surface area contributed by atoms with Crippen molar-refractivity contribution in [2.45, 2.75) is 0 Å². The van der Waals surface area contributed by atoms with E-state index in [4.69, 9.17) is 9.47 Å². The van der Waals surface area contributed by atoms with Crippen molar-refractivity contribution in [1.29, 1.82) is 0 Å². The second-order valence-corrected chi connectivity index (χ2v) is 6.45. The second kappa shape index (κ2) is 8.17. The van der Waals surface area contributed by atoms with Crippen molar-refractivity contribution in [3.05, 3.63) is 29.6 Å². The lowest BCUT2D eigenvalue weighted by atomic mass is 10.1. The van der Waals surface area contributed by atoms with Gasteiger partial charge in [-0.15, -0.1) is 11.3 Å². The van der Waals surface area contributed by atoms with Crippen molar-refractivity contribution in [1.82, 2.24) is 9.88 Å². The Balaban J connectivity index is 1.57. The van der Waals surface area contributed by atoms with Crippen LogP contribution >= 0.6 is 11.3 Å². The highest BCUT2D eigenvalue weighted by Crippen LogP contribution is 2.32. The number of para-hydroxylation sites is 1. The third-order valence-corrected chi connectivity index (χ3v) is 4.89. The molecule has 2 heterocycles. The molecule has 25 heavy (non-hydrogen) atoms. The van der Waals surface area contributed by atoms with Crippen molar-refractivity contribution in [3.8, 4) is 17.0 Å². The van der Waals surface area contributed by atoms with Gasteiger partial charge in [-0.3, -0.25) is 0 Å². The molecular formula is C17H21N3O4S. The molecule has 0 spiro atoms. The quantitative estimate of drug-likeness (QED) is 0.823. The normalized spacial score (nSPS) is 14.6. The molecule has 1 aliphatic heterocycles. The molecule has 2 aromatic rings. The van der Waals surface area contributed by atoms with Crippen LogP contribution in [-0.2, 0) is 9.47 Å². The predicted octanol–water partition coefficient (Wildman–Crippen LogP) is 2.42. The van der Waals surface area contributed by atoms with Crippen LogP contribution in [0.25, 0.3) is 11.3 Å². The van der Waals surface area contributed by atoms with E-state index in [1.807, 2.05) is 17.5 Å². The first kappa shape index (κ1) is 17.5. The van der Waals surface area contributed by atoms with E-state index in [1.165, 1.54) is 11.3 Å². The number of ether oxygens (including phenoxy) is 2. The summed E-state index contributed by atoms with van der Waals surface area (Å²) in [7, 11) is 1.57. The van der Waals surface area contributed by atoms with Crippen LogP contribution in [0.5, 0.6) is 5.75 Å². The van der Waals surface area contributed by atoms with E-state index in [1.54, 1.807) is 24.1 Å². The number of phenolic OH excluding ortho intramolecular Hbond substituents is 1. The average Bonchev–Trinajstić information content (AvgIpc) is 3.12. The number of carbonyl (C=O) groups is 1. The summed E-state index contributed by atoms with van der Waals surface area (Å²) in [6, 6.07) is 7.17. The summed E-state index contributed by atoms with van der Waals surface area (Å²) >= 11 is 1.54. The van der Waals surface area contributed by atoms with Gasteiger partial charge in [0.1, 0.15) is 12.4 Å². The van der Waals surface area contributed by atoms with E-state index >= 15 is 0 Å². The minimum atomic E-state index is -0.300. The van der Waals surface area contributed by atoms with Crippen LogP contribution in [0.1, 0.15) is 0 Å². The molecule has 8 heteroatoms. The van der Waals surface area contributed by atoms with Gasteiger partial charge < -0.3 is 24.4 Å². The van der Waals surface area contributed by atoms with Crippen LogP contribution in [0, 0.1) is 0 Å². The lowest BCUT2D eigenvalue weighted by molar-refractivity contribution is 0.0705. The van der Waals surface area contributed by atoms with Gasteiger partial charge >= 0.3 is 6.09 Å². The lowest BCUT2D eigenvalue weighted by Gasteiger charge is -2.33. The zero-order valence-electron chi connectivity index (χ0n) is 14.1. The zero-order chi connectivity index (χ0) is 17.6. The number of benzene rings is 1. The van der Waals surface area contributed by atoms with Crippen LogP contribution in [0.2, 0.25) is 0 Å². The van der Waals surface area contributed by atoms with E-state index in [2.05, 4.69) is 9.88 Å². The number of carbonyl (C=O) groups excluding carboxylic acids is 1. The van der Waals surface area contributed by atoms with E-state index < -0.39 is 0 Å². The Morgan fingerprint density at radius 2 is 2.00 bits per heavy atom. The predicted molar refractivity (Wildman–Crippen MR) is 96.2 cm³/mol. The molecule has 1 N–H and O–H groups in total. The lowest BCUT2D eigenvalue weighted by Crippen LogP contribution is -2.49. The smallest absolute Gasteiger partial charge is 0.409 e. The summed E-state index contributed by atoms with van der Waals surface area (Å²) in [6.07, 6.45) is -0.300. The van der Waals surface area contributed by atoms with Crippen molar-refractivity contribution in [2.75, 3.05) is 51.4 Å². The molecule has 134 valence electrons. The Kier molecular flexibility index (Phi) is 5.72. The molecule has 7 nitrogen and oxygen atoms in total. The molecule has 1 aromatic carbocycles. The van der Waals surface area contributed by atoms with Gasteiger partial charge in [0.15, 0.2) is 5.13 Å². The Morgan fingerprint density at radius 3 is 2.72 bits per heavy atom. The van der Waals surface area contributed by atoms with Gasteiger partial charge in [0, 0.05) is 44.2 Å². The van der Waals surface area contributed by atoms with Gasteiger partial charge in [0.2, 0.25) is 0 Å². The highest BCUT2D eigenvalue weighted by Gasteiger charge is 2.24. The van der Waals surface area contributed by atoms with Crippen LogP contribution in [-0.4, -0.2) is 67.6 Å². The summed E-state index contributed by atoms with van der Waals surface area (Å²) in [4.78, 5) is 20.4. The summed E-state index contributed by atoms with van der Waals surface area (Å²) in [5.41, 5.74) is 1.49. The minimum Gasteiger partial charge on any atom is -0.507 e. The number of aromatic hydroxyl groups is 1. The van der Waals surface area contributed by atoms with Crippen LogP contribution in [0.3, 0.4) is 0 Å².